The van der Waals surface area contributed by atoms with Crippen molar-refractivity contribution in [1.82, 2.24) is 20.1 Å². The monoisotopic (exact) mass is 422 g/mol. The highest BCUT2D eigenvalue weighted by molar-refractivity contribution is 6.06. The molecule has 2 aromatic rings. The number of amides is 1. The normalized spacial score (nSPS) is 15.8. The molecule has 1 amide bonds. The predicted molar refractivity (Wildman–Crippen MR) is 127 cm³/mol. The fourth-order valence-electron chi connectivity index (χ4n) is 3.85. The van der Waals surface area contributed by atoms with Crippen LogP contribution in [0.15, 0.2) is 43.0 Å². The van der Waals surface area contributed by atoms with Gasteiger partial charge in [0.05, 0.1) is 18.2 Å². The molecule has 1 aliphatic heterocycles. The number of nitrogens with one attached hydrogen (secondary N) is 1. The zero-order valence-electron chi connectivity index (χ0n) is 19.0. The van der Waals surface area contributed by atoms with Crippen molar-refractivity contribution in [1.29, 1.82) is 0 Å². The third-order valence-corrected chi connectivity index (χ3v) is 5.73. The maximum atomic E-state index is 13.1. The number of rotatable bonds is 9. The Hall–Kier alpha value is -2.70. The minimum atomic E-state index is -0.0760. The average molecular weight is 423 g/mol. The summed E-state index contributed by atoms with van der Waals surface area (Å²) in [5.41, 5.74) is 3.11. The highest BCUT2D eigenvalue weighted by atomic mass is 16.5. The number of aromatic nitrogens is 1. The van der Waals surface area contributed by atoms with Crippen LogP contribution in [0.3, 0.4) is 0 Å². The third kappa shape index (κ3) is 6.15. The van der Waals surface area contributed by atoms with Crippen molar-refractivity contribution in [2.45, 2.75) is 19.8 Å². The van der Waals surface area contributed by atoms with Gasteiger partial charge in [-0.15, -0.1) is 0 Å². The SMILES string of the molecule is C=C/C=C(\OC)c1cc(C(=O)NCCCCN2CCN(C)CC2)c2cc(C)ccc2n1. The van der Waals surface area contributed by atoms with Gasteiger partial charge in [-0.2, -0.15) is 0 Å². The van der Waals surface area contributed by atoms with Crippen LogP contribution in [-0.4, -0.2) is 74.1 Å². The number of nitrogens with zero attached hydrogens (tertiary/aromatic N) is 3. The molecule has 166 valence electrons. The Morgan fingerprint density at radius 2 is 2.00 bits per heavy atom. The van der Waals surface area contributed by atoms with E-state index < -0.39 is 0 Å². The van der Waals surface area contributed by atoms with Gasteiger partial charge in [-0.25, -0.2) is 4.98 Å². The minimum absolute atomic E-state index is 0.0760. The van der Waals surface area contributed by atoms with Crippen LogP contribution in [0.5, 0.6) is 0 Å². The number of piperazine rings is 1. The summed E-state index contributed by atoms with van der Waals surface area (Å²) in [6, 6.07) is 7.77. The van der Waals surface area contributed by atoms with Crippen LogP contribution in [0.1, 0.15) is 34.5 Å². The van der Waals surface area contributed by atoms with Crippen molar-refractivity contribution in [3.63, 3.8) is 0 Å². The molecule has 1 aliphatic rings. The molecule has 0 unspecified atom stereocenters. The van der Waals surface area contributed by atoms with Gasteiger partial charge in [0.2, 0.25) is 0 Å². The van der Waals surface area contributed by atoms with Crippen molar-refractivity contribution in [2.24, 2.45) is 0 Å². The smallest absolute Gasteiger partial charge is 0.252 e. The van der Waals surface area contributed by atoms with E-state index in [0.717, 1.165) is 62.0 Å². The first-order chi connectivity index (χ1) is 15.0. The van der Waals surface area contributed by atoms with E-state index in [0.29, 0.717) is 23.6 Å². The molecule has 0 aliphatic carbocycles. The van der Waals surface area contributed by atoms with Crippen molar-refractivity contribution in [3.8, 4) is 0 Å². The van der Waals surface area contributed by atoms with Gasteiger partial charge in [0.25, 0.3) is 5.91 Å². The van der Waals surface area contributed by atoms with Gasteiger partial charge in [0, 0.05) is 38.1 Å². The molecule has 2 heterocycles. The van der Waals surface area contributed by atoms with E-state index in [1.54, 1.807) is 25.3 Å². The maximum Gasteiger partial charge on any atom is 0.252 e. The number of hydrogen-bond donors (Lipinski definition) is 1. The van der Waals surface area contributed by atoms with Gasteiger partial charge in [-0.1, -0.05) is 24.3 Å². The summed E-state index contributed by atoms with van der Waals surface area (Å²) in [5, 5.41) is 3.95. The minimum Gasteiger partial charge on any atom is -0.494 e. The van der Waals surface area contributed by atoms with Crippen LogP contribution in [0.4, 0.5) is 0 Å². The van der Waals surface area contributed by atoms with Crippen molar-refractivity contribution >= 4 is 22.6 Å². The van der Waals surface area contributed by atoms with Crippen LogP contribution >= 0.6 is 0 Å². The molecule has 1 N–H and O–H groups in total. The van der Waals surface area contributed by atoms with Gasteiger partial charge in [0.1, 0.15) is 11.5 Å². The number of allylic oxidation sites excluding steroid dienone is 2. The Bertz CT molecular complexity index is 946. The first-order valence-corrected chi connectivity index (χ1v) is 11.0. The predicted octanol–water partition coefficient (Wildman–Crippen LogP) is 3.47. The number of carbonyl (C=O) groups is 1. The lowest BCUT2D eigenvalue weighted by Crippen LogP contribution is -2.44. The molecule has 0 spiro atoms. The molecule has 1 aromatic carbocycles. The highest BCUT2D eigenvalue weighted by Crippen LogP contribution is 2.24. The molecule has 0 saturated carbocycles. The van der Waals surface area contributed by atoms with E-state index in [9.17, 15) is 4.79 Å². The van der Waals surface area contributed by atoms with Crippen LogP contribution in [0.25, 0.3) is 16.7 Å². The molecule has 1 saturated heterocycles. The molecular formula is C25H34N4O2. The Labute approximate surface area is 185 Å². The van der Waals surface area contributed by atoms with E-state index in [2.05, 4.69) is 33.7 Å². The summed E-state index contributed by atoms with van der Waals surface area (Å²) in [4.78, 5) is 22.6. The lowest BCUT2D eigenvalue weighted by molar-refractivity contribution is 0.0953. The van der Waals surface area contributed by atoms with Crippen LogP contribution in [0.2, 0.25) is 0 Å². The molecule has 0 bridgehead atoms. The van der Waals surface area contributed by atoms with Gasteiger partial charge in [0.15, 0.2) is 0 Å². The molecule has 6 heteroatoms. The van der Waals surface area contributed by atoms with Gasteiger partial charge < -0.3 is 19.9 Å². The zero-order valence-corrected chi connectivity index (χ0v) is 19.0. The average Bonchev–Trinajstić information content (AvgIpc) is 2.77. The van der Waals surface area contributed by atoms with E-state index in [-0.39, 0.29) is 5.91 Å². The lowest BCUT2D eigenvalue weighted by atomic mass is 10.0. The summed E-state index contributed by atoms with van der Waals surface area (Å²) in [6.45, 7) is 12.0. The van der Waals surface area contributed by atoms with Crippen molar-refractivity contribution in [2.75, 3.05) is 53.4 Å². The first-order valence-electron chi connectivity index (χ1n) is 11.0. The standard InChI is InChI=1S/C25H34N4O2/c1-5-8-24(31-4)23-18-21(20-17-19(2)9-10-22(20)27-23)25(30)26-11-6-7-12-29-15-13-28(3)14-16-29/h5,8-10,17-18H,1,6-7,11-16H2,2-4H3,(H,26,30)/b24-8-. The molecule has 1 aromatic heterocycles. The Morgan fingerprint density at radius 1 is 1.23 bits per heavy atom. The molecule has 31 heavy (non-hydrogen) atoms. The summed E-state index contributed by atoms with van der Waals surface area (Å²) < 4.78 is 5.45. The number of likely N-dealkylation sites (N-methyl/N-ethyl adjacent to an activating group) is 1. The number of ether oxygens (including phenoxy) is 1. The first kappa shape index (κ1) is 23.0. The quantitative estimate of drug-likeness (QED) is 0.381. The number of methoxy groups -OCH3 is 1. The Morgan fingerprint density at radius 3 is 2.71 bits per heavy atom. The van der Waals surface area contributed by atoms with Crippen LogP contribution in [-0.2, 0) is 4.74 Å². The lowest BCUT2D eigenvalue weighted by Gasteiger charge is -2.32. The Balaban J connectivity index is 1.66. The fourth-order valence-corrected chi connectivity index (χ4v) is 3.85. The number of hydrogen-bond acceptors (Lipinski definition) is 5. The van der Waals surface area contributed by atoms with Crippen molar-refractivity contribution < 1.29 is 9.53 Å². The van der Waals surface area contributed by atoms with Crippen molar-refractivity contribution in [3.05, 3.63) is 59.8 Å². The molecule has 3 rings (SSSR count). The maximum absolute atomic E-state index is 13.1. The summed E-state index contributed by atoms with van der Waals surface area (Å²) in [5.74, 6) is 0.506. The number of aryl methyl sites for hydroxylation is 1. The van der Waals surface area contributed by atoms with E-state index in [4.69, 9.17) is 4.74 Å². The number of fused-ring (bicyclic) bond motifs is 1. The van der Waals surface area contributed by atoms with E-state index in [1.807, 2.05) is 25.1 Å². The van der Waals surface area contributed by atoms with Crippen LogP contribution < -0.4 is 5.32 Å². The highest BCUT2D eigenvalue weighted by Gasteiger charge is 2.16. The fraction of sp³-hybridized carbons (Fsp3) is 0.440. The zero-order chi connectivity index (χ0) is 22.2. The third-order valence-electron chi connectivity index (χ3n) is 5.73. The Kier molecular flexibility index (Phi) is 8.20. The van der Waals surface area contributed by atoms with Gasteiger partial charge in [-0.3, -0.25) is 4.79 Å². The summed E-state index contributed by atoms with van der Waals surface area (Å²) in [6.07, 6.45) is 5.45. The second kappa shape index (κ2) is 11.1. The van der Waals surface area contributed by atoms with E-state index in [1.165, 1.54) is 0 Å². The second-order valence-electron chi connectivity index (χ2n) is 8.15. The number of pyridine rings is 1. The molecule has 0 radical (unpaired) electrons. The van der Waals surface area contributed by atoms with Gasteiger partial charge in [-0.05, 0) is 57.6 Å². The van der Waals surface area contributed by atoms with Gasteiger partial charge >= 0.3 is 0 Å². The number of benzene rings is 1. The summed E-state index contributed by atoms with van der Waals surface area (Å²) >= 11 is 0. The topological polar surface area (TPSA) is 57.7 Å². The molecular weight excluding hydrogens is 388 g/mol. The largest absolute Gasteiger partial charge is 0.494 e. The number of unbranched alkanes of at least 4 members (excludes halogenated alkanes) is 1. The summed E-state index contributed by atoms with van der Waals surface area (Å²) in [7, 11) is 3.77. The molecule has 0 atom stereocenters. The number of carbonyl (C=O) groups excluding carboxylic acids is 1. The van der Waals surface area contributed by atoms with Crippen LogP contribution in [0, 0.1) is 6.92 Å². The molecule has 6 nitrogen and oxygen atoms in total. The van der Waals surface area contributed by atoms with E-state index >= 15 is 0 Å². The molecule has 1 fully saturated rings. The second-order valence-corrected chi connectivity index (χ2v) is 8.15.